The lowest BCUT2D eigenvalue weighted by Gasteiger charge is -2.25. The number of hydrogen-bond acceptors (Lipinski definition) is 5. The molecule has 0 saturated heterocycles. The van der Waals surface area contributed by atoms with Gasteiger partial charge in [0.2, 0.25) is 0 Å². The van der Waals surface area contributed by atoms with Crippen molar-refractivity contribution < 1.29 is 9.15 Å². The molecule has 2 heterocycles. The van der Waals surface area contributed by atoms with Crippen LogP contribution < -0.4 is 15.4 Å². The predicted molar refractivity (Wildman–Crippen MR) is 118 cm³/mol. The van der Waals surface area contributed by atoms with E-state index in [0.717, 1.165) is 22.4 Å². The Labute approximate surface area is 173 Å². The fourth-order valence-electron chi connectivity index (χ4n) is 3.94. The van der Waals surface area contributed by atoms with Crippen LogP contribution in [0.5, 0.6) is 5.75 Å². The number of benzene rings is 3. The molecule has 4 aromatic rings. The van der Waals surface area contributed by atoms with Crippen LogP contribution in [0.25, 0.3) is 11.0 Å². The fraction of sp³-hybridized carbons (Fsp3) is 0.120. The molecule has 148 valence electrons. The van der Waals surface area contributed by atoms with Gasteiger partial charge in [0.05, 0.1) is 30.1 Å². The predicted octanol–water partition coefficient (Wildman–Crippen LogP) is 5.16. The van der Waals surface area contributed by atoms with Crippen LogP contribution in [0, 0.1) is 0 Å². The third kappa shape index (κ3) is 3.14. The minimum Gasteiger partial charge on any atom is -0.496 e. The number of nitrogens with zero attached hydrogens (tertiary/aromatic N) is 2. The highest BCUT2D eigenvalue weighted by Crippen LogP contribution is 2.39. The lowest BCUT2D eigenvalue weighted by molar-refractivity contribution is 0.405. The molecule has 0 fully saturated rings. The molecule has 5 nitrogen and oxygen atoms in total. The number of rotatable bonds is 4. The largest absolute Gasteiger partial charge is 0.496 e. The van der Waals surface area contributed by atoms with Crippen molar-refractivity contribution in [2.45, 2.75) is 12.5 Å². The van der Waals surface area contributed by atoms with Gasteiger partial charge in [-0.25, -0.2) is 4.79 Å². The van der Waals surface area contributed by atoms with Gasteiger partial charge in [0.25, 0.3) is 0 Å². The van der Waals surface area contributed by atoms with Gasteiger partial charge in [0, 0.05) is 17.4 Å². The van der Waals surface area contributed by atoms with Gasteiger partial charge in [-0.05, 0) is 30.3 Å². The van der Waals surface area contributed by atoms with Gasteiger partial charge in [-0.15, -0.1) is 0 Å². The number of para-hydroxylation sites is 3. The standard InChI is InChI=1S/C25H20N2O3/c1-29-24-14-8-6-12-19(24)22-16-21(26-27(22)18-10-3-2-4-11-18)20-15-17-9-5-7-13-23(17)30-25(20)28/h2-15,22H,16H2,1H3/t22-/m1/s1. The van der Waals surface area contributed by atoms with Crippen LogP contribution in [-0.4, -0.2) is 12.8 Å². The van der Waals surface area contributed by atoms with Crippen LogP contribution in [0.15, 0.2) is 99.2 Å². The first-order valence-corrected chi connectivity index (χ1v) is 9.82. The van der Waals surface area contributed by atoms with Crippen molar-refractivity contribution >= 4 is 22.4 Å². The lowest BCUT2D eigenvalue weighted by atomic mass is 9.97. The summed E-state index contributed by atoms with van der Waals surface area (Å²) in [6.45, 7) is 0. The lowest BCUT2D eigenvalue weighted by Crippen LogP contribution is -2.19. The third-order valence-electron chi connectivity index (χ3n) is 5.38. The smallest absolute Gasteiger partial charge is 0.345 e. The summed E-state index contributed by atoms with van der Waals surface area (Å²) in [6.07, 6.45) is 0.568. The molecule has 0 spiro atoms. The van der Waals surface area contributed by atoms with Gasteiger partial charge in [-0.3, -0.25) is 5.01 Å². The molecule has 0 aliphatic carbocycles. The van der Waals surface area contributed by atoms with Crippen molar-refractivity contribution in [2.24, 2.45) is 5.10 Å². The molecule has 0 saturated carbocycles. The second-order valence-electron chi connectivity index (χ2n) is 7.17. The van der Waals surface area contributed by atoms with E-state index in [4.69, 9.17) is 14.3 Å². The molecule has 5 rings (SSSR count). The molecule has 0 N–H and O–H groups in total. The molecule has 30 heavy (non-hydrogen) atoms. The maximum absolute atomic E-state index is 12.7. The number of fused-ring (bicyclic) bond motifs is 1. The Balaban J connectivity index is 1.64. The summed E-state index contributed by atoms with van der Waals surface area (Å²) in [4.78, 5) is 12.7. The molecular weight excluding hydrogens is 376 g/mol. The van der Waals surface area contributed by atoms with Gasteiger partial charge in [-0.2, -0.15) is 5.10 Å². The first-order valence-electron chi connectivity index (χ1n) is 9.82. The number of hydrazone groups is 1. The highest BCUT2D eigenvalue weighted by atomic mass is 16.5. The molecule has 0 unspecified atom stereocenters. The van der Waals surface area contributed by atoms with Crippen LogP contribution in [0.4, 0.5) is 5.69 Å². The maximum Gasteiger partial charge on any atom is 0.345 e. The van der Waals surface area contributed by atoms with E-state index in [1.165, 1.54) is 0 Å². The molecule has 0 radical (unpaired) electrons. The quantitative estimate of drug-likeness (QED) is 0.447. The molecule has 1 aromatic heterocycles. The topological polar surface area (TPSA) is 55.0 Å². The number of methoxy groups -OCH3 is 1. The summed E-state index contributed by atoms with van der Waals surface area (Å²) in [5.74, 6) is 0.797. The zero-order chi connectivity index (χ0) is 20.5. The molecule has 3 aromatic carbocycles. The van der Waals surface area contributed by atoms with Gasteiger partial charge >= 0.3 is 5.63 Å². The highest BCUT2D eigenvalue weighted by Gasteiger charge is 2.33. The Morgan fingerprint density at radius 2 is 1.70 bits per heavy atom. The summed E-state index contributed by atoms with van der Waals surface area (Å²) in [5, 5.41) is 7.70. The minimum absolute atomic E-state index is 0.0931. The molecule has 0 amide bonds. The van der Waals surface area contributed by atoms with Crippen molar-refractivity contribution in [2.75, 3.05) is 12.1 Å². The zero-order valence-corrected chi connectivity index (χ0v) is 16.5. The minimum atomic E-state index is -0.374. The third-order valence-corrected chi connectivity index (χ3v) is 5.38. The molecule has 1 aliphatic heterocycles. The van der Waals surface area contributed by atoms with E-state index >= 15 is 0 Å². The first kappa shape index (κ1) is 18.2. The highest BCUT2D eigenvalue weighted by molar-refractivity contribution is 6.04. The van der Waals surface area contributed by atoms with E-state index < -0.39 is 0 Å². The molecule has 5 heteroatoms. The Kier molecular flexibility index (Phi) is 4.56. The molecule has 1 atom stereocenters. The summed E-state index contributed by atoms with van der Waals surface area (Å²) < 4.78 is 11.2. The molecule has 1 aliphatic rings. The van der Waals surface area contributed by atoms with Gasteiger partial charge in [0.15, 0.2) is 0 Å². The SMILES string of the molecule is COc1ccccc1[C@H]1CC(c2cc3ccccc3oc2=O)=NN1c1ccccc1. The monoisotopic (exact) mass is 396 g/mol. The normalized spacial score (nSPS) is 16.0. The summed E-state index contributed by atoms with van der Waals surface area (Å²) in [5.41, 5.74) is 3.37. The summed E-state index contributed by atoms with van der Waals surface area (Å²) >= 11 is 0. The van der Waals surface area contributed by atoms with Crippen molar-refractivity contribution in [3.63, 3.8) is 0 Å². The first-order chi connectivity index (χ1) is 14.7. The van der Waals surface area contributed by atoms with E-state index in [0.29, 0.717) is 23.3 Å². The van der Waals surface area contributed by atoms with Gasteiger partial charge < -0.3 is 9.15 Å². The Morgan fingerprint density at radius 1 is 0.967 bits per heavy atom. The second kappa shape index (κ2) is 7.52. The van der Waals surface area contributed by atoms with Crippen molar-refractivity contribution in [1.82, 2.24) is 0 Å². The van der Waals surface area contributed by atoms with E-state index in [2.05, 4.69) is 0 Å². The molecule has 0 bridgehead atoms. The van der Waals surface area contributed by atoms with Crippen molar-refractivity contribution in [3.05, 3.63) is 106 Å². The average Bonchev–Trinajstić information content (AvgIpc) is 3.24. The fourth-order valence-corrected chi connectivity index (χ4v) is 3.94. The van der Waals surface area contributed by atoms with Crippen LogP contribution in [-0.2, 0) is 0 Å². The van der Waals surface area contributed by atoms with Crippen molar-refractivity contribution in [3.8, 4) is 5.75 Å². The number of anilines is 1. The van der Waals surface area contributed by atoms with Gasteiger partial charge in [-0.1, -0.05) is 54.6 Å². The molecular formula is C25H20N2O3. The Bertz CT molecular complexity index is 1290. The number of hydrogen-bond donors (Lipinski definition) is 0. The van der Waals surface area contributed by atoms with Crippen LogP contribution in [0.2, 0.25) is 0 Å². The van der Waals surface area contributed by atoms with Crippen LogP contribution in [0.1, 0.15) is 23.6 Å². The second-order valence-corrected chi connectivity index (χ2v) is 7.17. The Morgan fingerprint density at radius 3 is 2.53 bits per heavy atom. The van der Waals surface area contributed by atoms with Crippen LogP contribution in [0.3, 0.4) is 0 Å². The average molecular weight is 396 g/mol. The van der Waals surface area contributed by atoms with Crippen molar-refractivity contribution in [1.29, 1.82) is 0 Å². The van der Waals surface area contributed by atoms with E-state index in [1.54, 1.807) is 13.2 Å². The zero-order valence-electron chi connectivity index (χ0n) is 16.5. The summed E-state index contributed by atoms with van der Waals surface area (Å²) in [7, 11) is 1.67. The maximum atomic E-state index is 12.7. The van der Waals surface area contributed by atoms with E-state index in [9.17, 15) is 4.79 Å². The van der Waals surface area contributed by atoms with E-state index in [-0.39, 0.29) is 11.7 Å². The van der Waals surface area contributed by atoms with E-state index in [1.807, 2.05) is 83.9 Å². The summed E-state index contributed by atoms with van der Waals surface area (Å²) in [6, 6.07) is 27.2. The van der Waals surface area contributed by atoms with Crippen LogP contribution >= 0.6 is 0 Å². The van der Waals surface area contributed by atoms with Gasteiger partial charge in [0.1, 0.15) is 11.3 Å². The Hall–Kier alpha value is -3.86. The number of ether oxygens (including phenoxy) is 1.